The number of carbonyl (C=O) groups is 1. The van der Waals surface area contributed by atoms with E-state index < -0.39 is 0 Å². The number of halogens is 1. The van der Waals surface area contributed by atoms with Crippen molar-refractivity contribution in [3.63, 3.8) is 0 Å². The van der Waals surface area contributed by atoms with Gasteiger partial charge in [-0.2, -0.15) is 0 Å². The average molecular weight is 509 g/mol. The summed E-state index contributed by atoms with van der Waals surface area (Å²) in [7, 11) is 0. The summed E-state index contributed by atoms with van der Waals surface area (Å²) in [6.45, 7) is 3.84. The molecule has 1 amide bonds. The Morgan fingerprint density at radius 3 is 2.55 bits per heavy atom. The molecule has 2 heterocycles. The number of amides is 1. The Morgan fingerprint density at radius 2 is 1.79 bits per heavy atom. The van der Waals surface area contributed by atoms with E-state index in [1.54, 1.807) is 18.5 Å². The highest BCUT2D eigenvalue weighted by Gasteiger charge is 2.24. The maximum Gasteiger partial charge on any atom is 0.251 e. The number of carbonyl (C=O) groups excluding carboxylic acids is 1. The SMILES string of the molecule is Cc1ncnc(N2CCOc3ccc(-c4ccc(C(=O)NC5CC5)cc4)cc3C2)c1Cc1ccc(F)cc1. The van der Waals surface area contributed by atoms with E-state index in [1.165, 1.54) is 12.1 Å². The number of aryl methyl sites for hydroxylation is 1. The van der Waals surface area contributed by atoms with Crippen molar-refractivity contribution >= 4 is 11.7 Å². The van der Waals surface area contributed by atoms with Gasteiger partial charge in [-0.3, -0.25) is 4.79 Å². The van der Waals surface area contributed by atoms with Gasteiger partial charge in [0.1, 0.15) is 30.3 Å². The summed E-state index contributed by atoms with van der Waals surface area (Å²) in [5, 5.41) is 3.04. The molecule has 2 aliphatic rings. The molecule has 1 aromatic heterocycles. The molecule has 0 unspecified atom stereocenters. The van der Waals surface area contributed by atoms with Crippen LogP contribution in [0.4, 0.5) is 10.2 Å². The molecule has 6 rings (SSSR count). The number of aromatic nitrogens is 2. The van der Waals surface area contributed by atoms with Crippen LogP contribution in [0.1, 0.15) is 45.6 Å². The van der Waals surface area contributed by atoms with E-state index in [2.05, 4.69) is 32.3 Å². The van der Waals surface area contributed by atoms with E-state index in [0.29, 0.717) is 37.7 Å². The van der Waals surface area contributed by atoms with E-state index in [-0.39, 0.29) is 11.7 Å². The molecule has 3 aromatic carbocycles. The van der Waals surface area contributed by atoms with Gasteiger partial charge < -0.3 is 15.0 Å². The first kappa shape index (κ1) is 24.1. The molecule has 1 aliphatic heterocycles. The van der Waals surface area contributed by atoms with Crippen molar-refractivity contribution in [1.29, 1.82) is 0 Å². The molecule has 0 saturated heterocycles. The first-order valence-electron chi connectivity index (χ1n) is 13.0. The third-order valence-electron chi connectivity index (χ3n) is 7.17. The number of rotatable bonds is 6. The van der Waals surface area contributed by atoms with Gasteiger partial charge in [-0.25, -0.2) is 14.4 Å². The summed E-state index contributed by atoms with van der Waals surface area (Å²) >= 11 is 0. The van der Waals surface area contributed by atoms with Crippen LogP contribution >= 0.6 is 0 Å². The Bertz CT molecular complexity index is 1470. The van der Waals surface area contributed by atoms with Crippen molar-refractivity contribution in [3.05, 3.63) is 107 Å². The first-order chi connectivity index (χ1) is 18.5. The molecule has 1 N–H and O–H groups in total. The third-order valence-corrected chi connectivity index (χ3v) is 7.17. The lowest BCUT2D eigenvalue weighted by Gasteiger charge is -2.24. The number of nitrogens with one attached hydrogen (secondary N) is 1. The number of fused-ring (bicyclic) bond motifs is 1. The van der Waals surface area contributed by atoms with Gasteiger partial charge in [-0.05, 0) is 72.9 Å². The number of nitrogens with zero attached hydrogens (tertiary/aromatic N) is 3. The van der Waals surface area contributed by atoms with E-state index in [1.807, 2.05) is 37.3 Å². The zero-order chi connectivity index (χ0) is 26.1. The first-order valence-corrected chi connectivity index (χ1v) is 13.0. The van der Waals surface area contributed by atoms with Crippen molar-refractivity contribution in [2.45, 2.75) is 38.8 Å². The lowest BCUT2D eigenvalue weighted by Crippen LogP contribution is -2.28. The molecule has 0 atom stereocenters. The minimum atomic E-state index is -0.247. The molecule has 0 spiro atoms. The number of benzene rings is 3. The molecule has 0 bridgehead atoms. The molecule has 7 heteroatoms. The number of ether oxygens (including phenoxy) is 1. The van der Waals surface area contributed by atoms with Crippen LogP contribution < -0.4 is 15.0 Å². The Hall–Kier alpha value is -4.26. The summed E-state index contributed by atoms with van der Waals surface area (Å²) in [4.78, 5) is 23.7. The predicted molar refractivity (Wildman–Crippen MR) is 145 cm³/mol. The number of anilines is 1. The van der Waals surface area contributed by atoms with Crippen LogP contribution in [0, 0.1) is 12.7 Å². The summed E-state index contributed by atoms with van der Waals surface area (Å²) in [6.07, 6.45) is 4.36. The molecule has 0 radical (unpaired) electrons. The van der Waals surface area contributed by atoms with Crippen LogP contribution in [-0.2, 0) is 13.0 Å². The summed E-state index contributed by atoms with van der Waals surface area (Å²) in [5.41, 5.74) is 6.80. The second-order valence-corrected chi connectivity index (χ2v) is 9.98. The molecular formula is C31H29FN4O2. The van der Waals surface area contributed by atoms with Crippen molar-refractivity contribution < 1.29 is 13.9 Å². The van der Waals surface area contributed by atoms with Gasteiger partial charge in [-0.1, -0.05) is 30.3 Å². The average Bonchev–Trinajstić information content (AvgIpc) is 3.77. The minimum Gasteiger partial charge on any atom is -0.491 e. The lowest BCUT2D eigenvalue weighted by atomic mass is 10.0. The summed E-state index contributed by atoms with van der Waals surface area (Å²) < 4.78 is 19.6. The third kappa shape index (κ3) is 5.23. The van der Waals surface area contributed by atoms with Crippen LogP contribution in [0.25, 0.3) is 11.1 Å². The van der Waals surface area contributed by atoms with Crippen LogP contribution in [-0.4, -0.2) is 35.1 Å². The van der Waals surface area contributed by atoms with Crippen molar-refractivity contribution in [2.24, 2.45) is 0 Å². The summed E-state index contributed by atoms with van der Waals surface area (Å²) in [5.74, 6) is 1.47. The normalized spacial score (nSPS) is 14.8. The Morgan fingerprint density at radius 1 is 1.03 bits per heavy atom. The quantitative estimate of drug-likeness (QED) is 0.374. The fraction of sp³-hybridized carbons (Fsp3) is 0.258. The van der Waals surface area contributed by atoms with Crippen molar-refractivity contribution in [3.8, 4) is 16.9 Å². The van der Waals surface area contributed by atoms with Gasteiger partial charge >= 0.3 is 0 Å². The van der Waals surface area contributed by atoms with E-state index >= 15 is 0 Å². The zero-order valence-electron chi connectivity index (χ0n) is 21.3. The fourth-order valence-electron chi connectivity index (χ4n) is 4.84. The largest absolute Gasteiger partial charge is 0.491 e. The van der Waals surface area contributed by atoms with Crippen LogP contribution in [0.15, 0.2) is 73.1 Å². The Balaban J connectivity index is 1.26. The van der Waals surface area contributed by atoms with E-state index in [0.717, 1.165) is 57.9 Å². The minimum absolute atomic E-state index is 0.0124. The molecule has 38 heavy (non-hydrogen) atoms. The van der Waals surface area contributed by atoms with Gasteiger partial charge in [0.15, 0.2) is 0 Å². The Labute approximate surface area is 221 Å². The monoisotopic (exact) mass is 508 g/mol. The predicted octanol–water partition coefficient (Wildman–Crippen LogP) is 5.47. The Kier molecular flexibility index (Phi) is 6.50. The maximum absolute atomic E-state index is 13.5. The molecule has 6 nitrogen and oxygen atoms in total. The lowest BCUT2D eigenvalue weighted by molar-refractivity contribution is 0.0951. The highest BCUT2D eigenvalue weighted by Crippen LogP contribution is 2.32. The molecule has 4 aromatic rings. The zero-order valence-corrected chi connectivity index (χ0v) is 21.3. The van der Waals surface area contributed by atoms with Gasteiger partial charge in [0.05, 0.1) is 6.54 Å². The second-order valence-electron chi connectivity index (χ2n) is 9.98. The molecule has 1 fully saturated rings. The van der Waals surface area contributed by atoms with E-state index in [9.17, 15) is 9.18 Å². The maximum atomic E-state index is 13.5. The molecule has 192 valence electrons. The van der Waals surface area contributed by atoms with Gasteiger partial charge in [0.2, 0.25) is 0 Å². The highest BCUT2D eigenvalue weighted by molar-refractivity contribution is 5.95. The molecular weight excluding hydrogens is 479 g/mol. The smallest absolute Gasteiger partial charge is 0.251 e. The van der Waals surface area contributed by atoms with Crippen LogP contribution in [0.5, 0.6) is 5.75 Å². The second kappa shape index (κ2) is 10.2. The highest BCUT2D eigenvalue weighted by atomic mass is 19.1. The van der Waals surface area contributed by atoms with Crippen LogP contribution in [0.2, 0.25) is 0 Å². The van der Waals surface area contributed by atoms with Crippen molar-refractivity contribution in [2.75, 3.05) is 18.1 Å². The van der Waals surface area contributed by atoms with Gasteiger partial charge in [-0.15, -0.1) is 0 Å². The van der Waals surface area contributed by atoms with Gasteiger partial charge in [0, 0.05) is 41.4 Å². The molecule has 1 saturated carbocycles. The molecule has 1 aliphatic carbocycles. The van der Waals surface area contributed by atoms with Gasteiger partial charge in [0.25, 0.3) is 5.91 Å². The summed E-state index contributed by atoms with van der Waals surface area (Å²) in [6, 6.07) is 20.9. The number of hydrogen-bond donors (Lipinski definition) is 1. The number of hydrogen-bond acceptors (Lipinski definition) is 5. The standard InChI is InChI=1S/C31H29FN4O2/c1-20-28(16-21-2-9-26(32)10-3-21)30(34-19-33-20)36-14-15-38-29-13-8-24(17-25(29)18-36)22-4-6-23(7-5-22)31(37)35-27-11-12-27/h2-10,13,17,19,27H,11-12,14-16,18H2,1H3,(H,35,37). The topological polar surface area (TPSA) is 67.3 Å². The van der Waals surface area contributed by atoms with Crippen LogP contribution in [0.3, 0.4) is 0 Å². The fourth-order valence-corrected chi connectivity index (χ4v) is 4.84. The van der Waals surface area contributed by atoms with Crippen molar-refractivity contribution in [1.82, 2.24) is 15.3 Å². The van der Waals surface area contributed by atoms with E-state index in [4.69, 9.17) is 4.74 Å².